The standard InChI is InChI=1S/C21H15ClFN3O/c22-16-8-4-7-15(12-16)20-21(24-18-10-9-17(23)13-26(18)20)25-19(27)11-14-5-2-1-3-6-14/h1-10,12-13H,11H2,(H,25,27). The summed E-state index contributed by atoms with van der Waals surface area (Å²) in [5.41, 5.74) is 2.74. The molecule has 2 aromatic carbocycles. The minimum Gasteiger partial charge on any atom is -0.309 e. The van der Waals surface area contributed by atoms with Crippen LogP contribution in [0, 0.1) is 5.82 Å². The predicted molar refractivity (Wildman–Crippen MR) is 104 cm³/mol. The fourth-order valence-corrected chi connectivity index (χ4v) is 3.17. The number of fused-ring (bicyclic) bond motifs is 1. The normalized spacial score (nSPS) is 10.9. The van der Waals surface area contributed by atoms with E-state index < -0.39 is 5.82 Å². The Morgan fingerprint density at radius 1 is 1.07 bits per heavy atom. The lowest BCUT2D eigenvalue weighted by atomic mass is 10.1. The minimum atomic E-state index is -0.398. The number of benzene rings is 2. The fraction of sp³-hybridized carbons (Fsp3) is 0.0476. The Morgan fingerprint density at radius 2 is 1.89 bits per heavy atom. The van der Waals surface area contributed by atoms with Crippen LogP contribution in [0.15, 0.2) is 72.9 Å². The van der Waals surface area contributed by atoms with Gasteiger partial charge in [-0.05, 0) is 29.8 Å². The number of amides is 1. The molecule has 0 spiro atoms. The molecule has 134 valence electrons. The summed E-state index contributed by atoms with van der Waals surface area (Å²) >= 11 is 6.12. The Morgan fingerprint density at radius 3 is 2.67 bits per heavy atom. The Hall–Kier alpha value is -3.18. The van der Waals surface area contributed by atoms with E-state index in [1.54, 1.807) is 28.7 Å². The quantitative estimate of drug-likeness (QED) is 0.544. The molecule has 1 amide bonds. The highest BCUT2D eigenvalue weighted by atomic mass is 35.5. The molecular weight excluding hydrogens is 365 g/mol. The fourth-order valence-electron chi connectivity index (χ4n) is 2.98. The topological polar surface area (TPSA) is 46.4 Å². The minimum absolute atomic E-state index is 0.201. The second kappa shape index (κ2) is 7.21. The van der Waals surface area contributed by atoms with Crippen LogP contribution in [-0.4, -0.2) is 15.3 Å². The second-order valence-electron chi connectivity index (χ2n) is 6.11. The van der Waals surface area contributed by atoms with E-state index in [4.69, 9.17) is 11.6 Å². The zero-order valence-corrected chi connectivity index (χ0v) is 14.9. The van der Waals surface area contributed by atoms with Crippen LogP contribution >= 0.6 is 11.6 Å². The van der Waals surface area contributed by atoms with Crippen molar-refractivity contribution in [2.75, 3.05) is 5.32 Å². The van der Waals surface area contributed by atoms with Crippen LogP contribution in [0.4, 0.5) is 10.2 Å². The van der Waals surface area contributed by atoms with Gasteiger partial charge in [0.05, 0.1) is 12.1 Å². The molecule has 0 aliphatic heterocycles. The second-order valence-corrected chi connectivity index (χ2v) is 6.54. The maximum absolute atomic E-state index is 13.8. The zero-order valence-electron chi connectivity index (χ0n) is 14.2. The van der Waals surface area contributed by atoms with Gasteiger partial charge in [0.15, 0.2) is 5.82 Å². The number of carbonyl (C=O) groups excluding carboxylic acids is 1. The van der Waals surface area contributed by atoms with Crippen LogP contribution in [0.1, 0.15) is 5.56 Å². The van der Waals surface area contributed by atoms with E-state index in [2.05, 4.69) is 10.3 Å². The van der Waals surface area contributed by atoms with E-state index in [1.807, 2.05) is 36.4 Å². The SMILES string of the molecule is O=C(Cc1ccccc1)Nc1nc2ccc(F)cn2c1-c1cccc(Cl)c1. The number of pyridine rings is 1. The lowest BCUT2D eigenvalue weighted by Crippen LogP contribution is -2.15. The number of hydrogen-bond donors (Lipinski definition) is 1. The van der Waals surface area contributed by atoms with Gasteiger partial charge in [-0.25, -0.2) is 9.37 Å². The van der Waals surface area contributed by atoms with E-state index in [0.717, 1.165) is 11.1 Å². The summed E-state index contributed by atoms with van der Waals surface area (Å²) in [5, 5.41) is 3.39. The number of nitrogens with zero attached hydrogens (tertiary/aromatic N) is 2. The summed E-state index contributed by atoms with van der Waals surface area (Å²) in [5.74, 6) is -0.234. The highest BCUT2D eigenvalue weighted by Gasteiger charge is 2.17. The molecule has 4 nitrogen and oxygen atoms in total. The van der Waals surface area contributed by atoms with Crippen LogP contribution in [0.25, 0.3) is 16.9 Å². The Labute approximate surface area is 160 Å². The van der Waals surface area contributed by atoms with Crippen molar-refractivity contribution in [3.05, 3.63) is 89.3 Å². The molecule has 1 N–H and O–H groups in total. The highest BCUT2D eigenvalue weighted by Crippen LogP contribution is 2.31. The van der Waals surface area contributed by atoms with Crippen molar-refractivity contribution in [1.29, 1.82) is 0 Å². The number of aromatic nitrogens is 2. The van der Waals surface area contributed by atoms with Gasteiger partial charge in [0, 0.05) is 16.8 Å². The Kier molecular flexibility index (Phi) is 4.60. The summed E-state index contributed by atoms with van der Waals surface area (Å²) in [6.07, 6.45) is 1.56. The van der Waals surface area contributed by atoms with Gasteiger partial charge in [0.2, 0.25) is 5.91 Å². The van der Waals surface area contributed by atoms with E-state index in [-0.39, 0.29) is 12.3 Å². The van der Waals surface area contributed by atoms with Gasteiger partial charge in [-0.1, -0.05) is 54.1 Å². The summed E-state index contributed by atoms with van der Waals surface area (Å²) in [6, 6.07) is 19.5. The summed E-state index contributed by atoms with van der Waals surface area (Å²) in [7, 11) is 0. The van der Waals surface area contributed by atoms with Gasteiger partial charge in [-0.15, -0.1) is 0 Å². The third kappa shape index (κ3) is 3.68. The molecule has 0 bridgehead atoms. The van der Waals surface area contributed by atoms with Crippen LogP contribution in [-0.2, 0) is 11.2 Å². The Balaban J connectivity index is 1.75. The van der Waals surface area contributed by atoms with Gasteiger partial charge in [-0.2, -0.15) is 0 Å². The molecule has 0 radical (unpaired) electrons. The van der Waals surface area contributed by atoms with Gasteiger partial charge >= 0.3 is 0 Å². The van der Waals surface area contributed by atoms with Crippen molar-refractivity contribution >= 4 is 29.0 Å². The van der Waals surface area contributed by atoms with E-state index in [9.17, 15) is 9.18 Å². The maximum Gasteiger partial charge on any atom is 0.230 e. The molecule has 2 heterocycles. The van der Waals surface area contributed by atoms with Crippen LogP contribution in [0.2, 0.25) is 5.02 Å². The third-order valence-corrected chi connectivity index (χ3v) is 4.38. The average molecular weight is 380 g/mol. The predicted octanol–water partition coefficient (Wildman–Crippen LogP) is 4.98. The van der Waals surface area contributed by atoms with Crippen molar-refractivity contribution in [1.82, 2.24) is 9.38 Å². The van der Waals surface area contributed by atoms with Crippen molar-refractivity contribution in [3.63, 3.8) is 0 Å². The van der Waals surface area contributed by atoms with Crippen molar-refractivity contribution in [2.24, 2.45) is 0 Å². The first-order valence-corrected chi connectivity index (χ1v) is 8.75. The van der Waals surface area contributed by atoms with E-state index in [1.165, 1.54) is 12.3 Å². The van der Waals surface area contributed by atoms with Crippen LogP contribution < -0.4 is 5.32 Å². The van der Waals surface area contributed by atoms with Gasteiger partial charge in [0.1, 0.15) is 11.5 Å². The molecule has 27 heavy (non-hydrogen) atoms. The molecule has 4 aromatic rings. The molecule has 0 saturated carbocycles. The smallest absolute Gasteiger partial charge is 0.230 e. The first kappa shape index (κ1) is 17.2. The summed E-state index contributed by atoms with van der Waals surface area (Å²) in [4.78, 5) is 17.0. The molecule has 4 rings (SSSR count). The molecule has 2 aromatic heterocycles. The summed E-state index contributed by atoms with van der Waals surface area (Å²) < 4.78 is 15.4. The Bertz CT molecular complexity index is 1120. The number of nitrogens with one attached hydrogen (secondary N) is 1. The first-order valence-electron chi connectivity index (χ1n) is 8.37. The summed E-state index contributed by atoms with van der Waals surface area (Å²) in [6.45, 7) is 0. The van der Waals surface area contributed by atoms with Crippen molar-refractivity contribution in [2.45, 2.75) is 6.42 Å². The largest absolute Gasteiger partial charge is 0.309 e. The molecule has 0 aliphatic carbocycles. The molecule has 0 unspecified atom stereocenters. The van der Waals surface area contributed by atoms with Gasteiger partial charge < -0.3 is 5.32 Å². The zero-order chi connectivity index (χ0) is 18.8. The number of rotatable bonds is 4. The molecule has 6 heteroatoms. The molecule has 0 fully saturated rings. The number of carbonyl (C=O) groups is 1. The lowest BCUT2D eigenvalue weighted by molar-refractivity contribution is -0.115. The average Bonchev–Trinajstić information content (AvgIpc) is 2.99. The molecule has 0 saturated heterocycles. The molecule has 0 aliphatic rings. The van der Waals surface area contributed by atoms with E-state index in [0.29, 0.717) is 22.2 Å². The number of anilines is 1. The maximum atomic E-state index is 13.8. The van der Waals surface area contributed by atoms with Gasteiger partial charge in [0.25, 0.3) is 0 Å². The van der Waals surface area contributed by atoms with Crippen molar-refractivity contribution in [3.8, 4) is 11.3 Å². The van der Waals surface area contributed by atoms with Crippen LogP contribution in [0.3, 0.4) is 0 Å². The lowest BCUT2D eigenvalue weighted by Gasteiger charge is -2.08. The number of hydrogen-bond acceptors (Lipinski definition) is 2. The van der Waals surface area contributed by atoms with E-state index >= 15 is 0 Å². The monoisotopic (exact) mass is 379 g/mol. The molecular formula is C21H15ClFN3O. The van der Waals surface area contributed by atoms with Gasteiger partial charge in [-0.3, -0.25) is 9.20 Å². The number of halogens is 2. The number of imidazole rings is 1. The molecule has 0 atom stereocenters. The highest BCUT2D eigenvalue weighted by molar-refractivity contribution is 6.30. The first-order chi connectivity index (χ1) is 13.1. The van der Waals surface area contributed by atoms with Crippen LogP contribution in [0.5, 0.6) is 0 Å². The van der Waals surface area contributed by atoms with Crippen molar-refractivity contribution < 1.29 is 9.18 Å². The third-order valence-electron chi connectivity index (χ3n) is 4.15.